The molecule has 2 amide bonds. The first-order valence-electron chi connectivity index (χ1n) is 6.49. The summed E-state index contributed by atoms with van der Waals surface area (Å²) >= 11 is 0. The molecule has 5 nitrogen and oxygen atoms in total. The van der Waals surface area contributed by atoms with Crippen LogP contribution < -0.4 is 16.4 Å². The predicted octanol–water partition coefficient (Wildman–Crippen LogP) is 3.46. The van der Waals surface area contributed by atoms with E-state index in [-0.39, 0.29) is 6.03 Å². The minimum Gasteiger partial charge on any atom is -0.399 e. The molecular formula is C16H14N4O. The number of carbonyl (C=O) groups is 1. The van der Waals surface area contributed by atoms with E-state index in [4.69, 9.17) is 5.73 Å². The molecule has 1 heterocycles. The number of benzene rings is 2. The lowest BCUT2D eigenvalue weighted by Gasteiger charge is -2.08. The number of nitrogens with one attached hydrogen (secondary N) is 2. The number of nitrogens with zero attached hydrogens (tertiary/aromatic N) is 1. The fourth-order valence-corrected chi connectivity index (χ4v) is 2.00. The molecule has 0 bridgehead atoms. The zero-order valence-electron chi connectivity index (χ0n) is 11.2. The van der Waals surface area contributed by atoms with E-state index < -0.39 is 0 Å². The number of hydrogen-bond acceptors (Lipinski definition) is 3. The van der Waals surface area contributed by atoms with E-state index in [1.807, 2.05) is 30.3 Å². The van der Waals surface area contributed by atoms with Gasteiger partial charge in [0.15, 0.2) is 0 Å². The number of nitrogens with two attached hydrogens (primary N) is 1. The standard InChI is InChI=1S/C16H14N4O/c17-12-5-7-13(8-6-12)19-16(21)20-14-9-11-3-1-2-4-15(11)18-10-14/h1-10H,17H2,(H2,19,20,21). The van der Waals surface area contributed by atoms with Crippen LogP contribution in [0.3, 0.4) is 0 Å². The largest absolute Gasteiger partial charge is 0.399 e. The van der Waals surface area contributed by atoms with Gasteiger partial charge in [0, 0.05) is 16.8 Å². The molecule has 0 atom stereocenters. The van der Waals surface area contributed by atoms with Gasteiger partial charge in [0.1, 0.15) is 0 Å². The van der Waals surface area contributed by atoms with Gasteiger partial charge in [-0.25, -0.2) is 4.79 Å². The summed E-state index contributed by atoms with van der Waals surface area (Å²) in [4.78, 5) is 16.2. The Morgan fingerprint density at radius 3 is 2.48 bits per heavy atom. The van der Waals surface area contributed by atoms with Crippen molar-refractivity contribution >= 4 is 34.0 Å². The van der Waals surface area contributed by atoms with E-state index in [1.165, 1.54) is 0 Å². The van der Waals surface area contributed by atoms with Gasteiger partial charge in [-0.3, -0.25) is 4.98 Å². The maximum absolute atomic E-state index is 11.9. The second-order valence-corrected chi connectivity index (χ2v) is 4.62. The van der Waals surface area contributed by atoms with Crippen molar-refractivity contribution in [3.8, 4) is 0 Å². The molecule has 5 heteroatoms. The van der Waals surface area contributed by atoms with E-state index in [0.717, 1.165) is 10.9 Å². The fraction of sp³-hybridized carbons (Fsp3) is 0. The number of aromatic nitrogens is 1. The molecule has 0 fully saturated rings. The van der Waals surface area contributed by atoms with Crippen molar-refractivity contribution in [2.45, 2.75) is 0 Å². The lowest BCUT2D eigenvalue weighted by atomic mass is 10.2. The van der Waals surface area contributed by atoms with Gasteiger partial charge in [0.05, 0.1) is 17.4 Å². The molecule has 0 aliphatic heterocycles. The Labute approximate surface area is 121 Å². The van der Waals surface area contributed by atoms with E-state index >= 15 is 0 Å². The summed E-state index contributed by atoms with van der Waals surface area (Å²) in [5, 5.41) is 6.46. The molecule has 0 radical (unpaired) electrons. The van der Waals surface area contributed by atoms with Crippen molar-refractivity contribution in [1.29, 1.82) is 0 Å². The number of amides is 2. The Bertz CT molecular complexity index is 784. The minimum atomic E-state index is -0.322. The van der Waals surface area contributed by atoms with Crippen molar-refractivity contribution in [3.05, 3.63) is 60.8 Å². The molecule has 0 spiro atoms. The lowest BCUT2D eigenvalue weighted by Crippen LogP contribution is -2.19. The van der Waals surface area contributed by atoms with Crippen LogP contribution >= 0.6 is 0 Å². The smallest absolute Gasteiger partial charge is 0.323 e. The van der Waals surface area contributed by atoms with Gasteiger partial charge in [-0.1, -0.05) is 18.2 Å². The number of pyridine rings is 1. The van der Waals surface area contributed by atoms with Gasteiger partial charge in [-0.2, -0.15) is 0 Å². The van der Waals surface area contributed by atoms with Crippen molar-refractivity contribution in [2.75, 3.05) is 16.4 Å². The van der Waals surface area contributed by atoms with Gasteiger partial charge in [-0.05, 0) is 36.4 Å². The average Bonchev–Trinajstić information content (AvgIpc) is 2.49. The molecule has 3 rings (SSSR count). The monoisotopic (exact) mass is 278 g/mol. The van der Waals surface area contributed by atoms with Gasteiger partial charge >= 0.3 is 6.03 Å². The minimum absolute atomic E-state index is 0.322. The second kappa shape index (κ2) is 5.50. The maximum atomic E-state index is 11.9. The second-order valence-electron chi connectivity index (χ2n) is 4.62. The van der Waals surface area contributed by atoms with E-state index in [1.54, 1.807) is 30.5 Å². The zero-order valence-corrected chi connectivity index (χ0v) is 11.2. The number of rotatable bonds is 2. The highest BCUT2D eigenvalue weighted by atomic mass is 16.2. The molecule has 3 aromatic rings. The Kier molecular flexibility index (Phi) is 3.39. The van der Waals surface area contributed by atoms with Crippen LogP contribution in [-0.4, -0.2) is 11.0 Å². The number of nitrogen functional groups attached to an aromatic ring is 1. The zero-order chi connectivity index (χ0) is 14.7. The first-order chi connectivity index (χ1) is 10.2. The molecular weight excluding hydrogens is 264 g/mol. The van der Waals surface area contributed by atoms with Crippen LogP contribution in [0, 0.1) is 0 Å². The topological polar surface area (TPSA) is 80.0 Å². The molecule has 0 aliphatic rings. The number of urea groups is 1. The highest BCUT2D eigenvalue weighted by Crippen LogP contribution is 2.16. The van der Waals surface area contributed by atoms with Crippen molar-refractivity contribution in [1.82, 2.24) is 4.98 Å². The molecule has 0 aliphatic carbocycles. The molecule has 2 aromatic carbocycles. The summed E-state index contributed by atoms with van der Waals surface area (Å²) in [5.41, 5.74) is 8.46. The summed E-state index contributed by atoms with van der Waals surface area (Å²) in [7, 11) is 0. The number of para-hydroxylation sites is 1. The Hall–Kier alpha value is -3.08. The van der Waals surface area contributed by atoms with Crippen LogP contribution in [0.4, 0.5) is 21.9 Å². The SMILES string of the molecule is Nc1ccc(NC(=O)Nc2cnc3ccccc3c2)cc1. The Morgan fingerprint density at radius 1 is 0.952 bits per heavy atom. The molecule has 0 unspecified atom stereocenters. The van der Waals surface area contributed by atoms with Gasteiger partial charge < -0.3 is 16.4 Å². The van der Waals surface area contributed by atoms with Crippen LogP contribution in [0.15, 0.2) is 60.8 Å². The fourth-order valence-electron chi connectivity index (χ4n) is 2.00. The highest BCUT2D eigenvalue weighted by Gasteiger charge is 2.04. The number of hydrogen-bond donors (Lipinski definition) is 3. The van der Waals surface area contributed by atoms with Crippen LogP contribution in [0.5, 0.6) is 0 Å². The van der Waals surface area contributed by atoms with E-state index in [0.29, 0.717) is 17.1 Å². The molecule has 4 N–H and O–H groups in total. The Balaban J connectivity index is 1.72. The normalized spacial score (nSPS) is 10.3. The van der Waals surface area contributed by atoms with Gasteiger partial charge in [0.25, 0.3) is 0 Å². The third-order valence-electron chi connectivity index (χ3n) is 3.02. The summed E-state index contributed by atoms with van der Waals surface area (Å²) in [6, 6.07) is 16.2. The van der Waals surface area contributed by atoms with Crippen molar-refractivity contribution < 1.29 is 4.79 Å². The third kappa shape index (κ3) is 3.09. The van der Waals surface area contributed by atoms with E-state index in [2.05, 4.69) is 15.6 Å². The molecule has 0 saturated carbocycles. The van der Waals surface area contributed by atoms with Crippen molar-refractivity contribution in [3.63, 3.8) is 0 Å². The third-order valence-corrected chi connectivity index (χ3v) is 3.02. The van der Waals surface area contributed by atoms with Crippen LogP contribution in [0.1, 0.15) is 0 Å². The molecule has 21 heavy (non-hydrogen) atoms. The molecule has 0 saturated heterocycles. The summed E-state index contributed by atoms with van der Waals surface area (Å²) in [6.07, 6.45) is 1.63. The van der Waals surface area contributed by atoms with Crippen LogP contribution in [0.2, 0.25) is 0 Å². The van der Waals surface area contributed by atoms with E-state index in [9.17, 15) is 4.79 Å². The first kappa shape index (κ1) is 12.9. The average molecular weight is 278 g/mol. The van der Waals surface area contributed by atoms with Crippen LogP contribution in [0.25, 0.3) is 10.9 Å². The quantitative estimate of drug-likeness (QED) is 0.628. The van der Waals surface area contributed by atoms with Gasteiger partial charge in [0.2, 0.25) is 0 Å². The van der Waals surface area contributed by atoms with Crippen LogP contribution in [-0.2, 0) is 0 Å². The summed E-state index contributed by atoms with van der Waals surface area (Å²) in [6.45, 7) is 0. The number of fused-ring (bicyclic) bond motifs is 1. The summed E-state index contributed by atoms with van der Waals surface area (Å²) < 4.78 is 0. The van der Waals surface area contributed by atoms with Crippen molar-refractivity contribution in [2.24, 2.45) is 0 Å². The molecule has 1 aromatic heterocycles. The highest BCUT2D eigenvalue weighted by molar-refractivity contribution is 6.00. The predicted molar refractivity (Wildman–Crippen MR) is 85.2 cm³/mol. The number of anilines is 3. The summed E-state index contributed by atoms with van der Waals surface area (Å²) in [5.74, 6) is 0. The number of carbonyl (C=O) groups excluding carboxylic acids is 1. The first-order valence-corrected chi connectivity index (χ1v) is 6.49. The maximum Gasteiger partial charge on any atom is 0.323 e. The van der Waals surface area contributed by atoms with Gasteiger partial charge in [-0.15, -0.1) is 0 Å². The lowest BCUT2D eigenvalue weighted by molar-refractivity contribution is 0.262. The molecule has 104 valence electrons. The Morgan fingerprint density at radius 2 is 1.67 bits per heavy atom.